The first-order chi connectivity index (χ1) is 10.7. The van der Waals surface area contributed by atoms with E-state index in [1.807, 2.05) is 31.6 Å². The second-order valence-electron chi connectivity index (χ2n) is 4.95. The van der Waals surface area contributed by atoms with Gasteiger partial charge in [0.1, 0.15) is 12.1 Å². The van der Waals surface area contributed by atoms with Gasteiger partial charge in [-0.2, -0.15) is 5.10 Å². The van der Waals surface area contributed by atoms with Crippen molar-refractivity contribution >= 4 is 22.8 Å². The summed E-state index contributed by atoms with van der Waals surface area (Å²) >= 11 is 0. The van der Waals surface area contributed by atoms with Gasteiger partial charge >= 0.3 is 0 Å². The number of anilines is 2. The molecule has 0 saturated heterocycles. The summed E-state index contributed by atoms with van der Waals surface area (Å²) in [5.41, 5.74) is 2.43. The highest BCUT2D eigenvalue weighted by atomic mass is 15.4. The van der Waals surface area contributed by atoms with Crippen LogP contribution in [0.1, 0.15) is 12.6 Å². The predicted molar refractivity (Wildman–Crippen MR) is 83.7 cm³/mol. The summed E-state index contributed by atoms with van der Waals surface area (Å²) in [6.07, 6.45) is 1.53. The Labute approximate surface area is 127 Å². The average Bonchev–Trinajstić information content (AvgIpc) is 3.07. The molecule has 0 radical (unpaired) electrons. The molecule has 9 heteroatoms. The van der Waals surface area contributed by atoms with E-state index in [1.165, 1.54) is 6.33 Å². The lowest BCUT2D eigenvalue weighted by molar-refractivity contribution is 0.641. The lowest BCUT2D eigenvalue weighted by Gasteiger charge is -2.08. The topological polar surface area (TPSA) is 98.4 Å². The number of nitrogens with one attached hydrogen (secondary N) is 2. The summed E-state index contributed by atoms with van der Waals surface area (Å²) < 4.78 is 3.57. The minimum atomic E-state index is 0.695. The molecule has 3 rings (SSSR count). The molecule has 0 aliphatic rings. The van der Waals surface area contributed by atoms with Crippen LogP contribution in [0, 0.1) is 6.92 Å². The van der Waals surface area contributed by atoms with Crippen molar-refractivity contribution in [3.05, 3.63) is 18.1 Å². The quantitative estimate of drug-likeness (QED) is 0.650. The molecule has 9 nitrogen and oxygen atoms in total. The number of fused-ring (bicyclic) bond motifs is 1. The fourth-order valence-corrected chi connectivity index (χ4v) is 2.28. The van der Waals surface area contributed by atoms with Gasteiger partial charge in [0.25, 0.3) is 0 Å². The van der Waals surface area contributed by atoms with Crippen LogP contribution in [0.4, 0.5) is 11.6 Å². The number of aromatic nitrogens is 7. The van der Waals surface area contributed by atoms with Crippen LogP contribution >= 0.6 is 0 Å². The molecule has 0 aliphatic carbocycles. The second kappa shape index (κ2) is 5.96. The summed E-state index contributed by atoms with van der Waals surface area (Å²) in [6.45, 7) is 6.15. The van der Waals surface area contributed by atoms with E-state index >= 15 is 0 Å². The Hall–Kier alpha value is -2.71. The summed E-state index contributed by atoms with van der Waals surface area (Å²) in [7, 11) is 1.92. The van der Waals surface area contributed by atoms with Crippen LogP contribution in [0.5, 0.6) is 0 Å². The molecule has 22 heavy (non-hydrogen) atoms. The highest BCUT2D eigenvalue weighted by molar-refractivity contribution is 5.81. The van der Waals surface area contributed by atoms with Gasteiger partial charge in [-0.3, -0.25) is 4.68 Å². The molecule has 116 valence electrons. The molecule has 0 aromatic carbocycles. The Bertz CT molecular complexity index is 773. The normalized spacial score (nSPS) is 11.0. The largest absolute Gasteiger partial charge is 0.369 e. The number of hydrogen-bond acceptors (Lipinski definition) is 7. The Morgan fingerprint density at radius 2 is 2.00 bits per heavy atom. The van der Waals surface area contributed by atoms with E-state index in [-0.39, 0.29) is 0 Å². The Balaban J connectivity index is 1.62. The van der Waals surface area contributed by atoms with E-state index < -0.39 is 0 Å². The maximum Gasteiger partial charge on any atom is 0.183 e. The van der Waals surface area contributed by atoms with Gasteiger partial charge in [0.05, 0.1) is 5.69 Å². The van der Waals surface area contributed by atoms with Gasteiger partial charge in [0, 0.05) is 32.7 Å². The van der Waals surface area contributed by atoms with Crippen molar-refractivity contribution in [3.8, 4) is 0 Å². The van der Waals surface area contributed by atoms with Crippen molar-refractivity contribution < 1.29 is 0 Å². The molecule has 2 N–H and O–H groups in total. The third-order valence-electron chi connectivity index (χ3n) is 3.33. The smallest absolute Gasteiger partial charge is 0.183 e. The highest BCUT2D eigenvalue weighted by Gasteiger charge is 2.10. The van der Waals surface area contributed by atoms with Gasteiger partial charge in [-0.25, -0.2) is 14.6 Å². The number of aryl methyl sites for hydroxylation is 3. The van der Waals surface area contributed by atoms with Gasteiger partial charge in [-0.1, -0.05) is 5.21 Å². The first-order valence-corrected chi connectivity index (χ1v) is 7.21. The van der Waals surface area contributed by atoms with Gasteiger partial charge in [-0.15, -0.1) is 5.10 Å². The zero-order chi connectivity index (χ0) is 15.5. The van der Waals surface area contributed by atoms with E-state index in [9.17, 15) is 0 Å². The first kappa shape index (κ1) is 14.2. The Kier molecular flexibility index (Phi) is 3.86. The van der Waals surface area contributed by atoms with Crippen molar-refractivity contribution in [2.24, 2.45) is 7.05 Å². The fraction of sp³-hybridized carbons (Fsp3) is 0.462. The van der Waals surface area contributed by atoms with Crippen LogP contribution in [-0.4, -0.2) is 47.8 Å². The van der Waals surface area contributed by atoms with Crippen LogP contribution in [0.2, 0.25) is 0 Å². The maximum absolute atomic E-state index is 4.29. The van der Waals surface area contributed by atoms with Gasteiger partial charge in [-0.05, 0) is 13.8 Å². The molecule has 3 heterocycles. The predicted octanol–water partition coefficient (Wildman–Crippen LogP) is 0.807. The molecule has 0 amide bonds. The van der Waals surface area contributed by atoms with E-state index in [4.69, 9.17) is 0 Å². The zero-order valence-corrected chi connectivity index (χ0v) is 12.9. The third kappa shape index (κ3) is 2.69. The number of hydrogen-bond donors (Lipinski definition) is 2. The summed E-state index contributed by atoms with van der Waals surface area (Å²) in [6, 6.07) is 2.01. The van der Waals surface area contributed by atoms with Gasteiger partial charge in [0.15, 0.2) is 17.0 Å². The van der Waals surface area contributed by atoms with Crippen LogP contribution in [0.25, 0.3) is 11.2 Å². The van der Waals surface area contributed by atoms with Crippen molar-refractivity contribution in [2.45, 2.75) is 20.4 Å². The summed E-state index contributed by atoms with van der Waals surface area (Å²) in [5.74, 6) is 1.69. The lowest BCUT2D eigenvalue weighted by atomic mass is 10.4. The standard InChI is InChI=1S/C13H19N9/c1-4-22-13-11(18-20-22)12(16-8-17-13)15-6-5-14-10-7-9(2)19-21(10)3/h7-8,14H,4-6H2,1-3H3,(H,15,16,17). The van der Waals surface area contributed by atoms with Crippen molar-refractivity contribution in [1.82, 2.24) is 34.7 Å². The maximum atomic E-state index is 4.29. The Morgan fingerprint density at radius 1 is 1.18 bits per heavy atom. The molecule has 0 bridgehead atoms. The van der Waals surface area contributed by atoms with Crippen molar-refractivity contribution in [2.75, 3.05) is 23.7 Å². The summed E-state index contributed by atoms with van der Waals surface area (Å²) in [4.78, 5) is 8.46. The molecule has 0 unspecified atom stereocenters. The minimum absolute atomic E-state index is 0.695. The highest BCUT2D eigenvalue weighted by Crippen LogP contribution is 2.15. The van der Waals surface area contributed by atoms with E-state index in [1.54, 1.807) is 4.68 Å². The zero-order valence-electron chi connectivity index (χ0n) is 12.9. The molecule has 0 aliphatic heterocycles. The molecular formula is C13H19N9. The molecular weight excluding hydrogens is 282 g/mol. The van der Waals surface area contributed by atoms with Crippen LogP contribution < -0.4 is 10.6 Å². The Morgan fingerprint density at radius 3 is 2.73 bits per heavy atom. The molecule has 3 aromatic heterocycles. The van der Waals surface area contributed by atoms with Crippen molar-refractivity contribution in [1.29, 1.82) is 0 Å². The average molecular weight is 301 g/mol. The van der Waals surface area contributed by atoms with Gasteiger partial charge < -0.3 is 10.6 Å². The lowest BCUT2D eigenvalue weighted by Crippen LogP contribution is -2.16. The molecule has 0 atom stereocenters. The van der Waals surface area contributed by atoms with E-state index in [0.29, 0.717) is 17.9 Å². The summed E-state index contributed by atoms with van der Waals surface area (Å²) in [5, 5.41) is 19.1. The molecule has 0 spiro atoms. The van der Waals surface area contributed by atoms with E-state index in [0.717, 1.165) is 30.2 Å². The monoisotopic (exact) mass is 301 g/mol. The second-order valence-corrected chi connectivity index (χ2v) is 4.95. The van der Waals surface area contributed by atoms with Crippen molar-refractivity contribution in [3.63, 3.8) is 0 Å². The number of nitrogens with zero attached hydrogens (tertiary/aromatic N) is 7. The fourth-order valence-electron chi connectivity index (χ4n) is 2.28. The SMILES string of the molecule is CCn1nnc2c(NCCNc3cc(C)nn3C)ncnc21. The molecule has 0 saturated carbocycles. The third-order valence-corrected chi connectivity index (χ3v) is 3.33. The molecule has 0 fully saturated rings. The first-order valence-electron chi connectivity index (χ1n) is 7.21. The van der Waals surface area contributed by atoms with E-state index in [2.05, 4.69) is 36.0 Å². The van der Waals surface area contributed by atoms with Crippen LogP contribution in [0.3, 0.4) is 0 Å². The molecule has 3 aromatic rings. The van der Waals surface area contributed by atoms with Crippen LogP contribution in [-0.2, 0) is 13.6 Å². The minimum Gasteiger partial charge on any atom is -0.369 e. The van der Waals surface area contributed by atoms with Gasteiger partial charge in [0.2, 0.25) is 0 Å². The van der Waals surface area contributed by atoms with Crippen LogP contribution in [0.15, 0.2) is 12.4 Å². The number of rotatable bonds is 6.